The Balaban J connectivity index is 1.42. The summed E-state index contributed by atoms with van der Waals surface area (Å²) < 4.78 is 26.3. The van der Waals surface area contributed by atoms with Crippen molar-refractivity contribution in [1.82, 2.24) is 25.5 Å². The molecule has 4 rings (SSSR count). The summed E-state index contributed by atoms with van der Waals surface area (Å²) in [6.45, 7) is -0.556. The van der Waals surface area contributed by atoms with Crippen LogP contribution in [-0.2, 0) is 26.0 Å². The van der Waals surface area contributed by atoms with Crippen LogP contribution in [0.25, 0.3) is 10.9 Å². The zero-order valence-corrected chi connectivity index (χ0v) is 22.5. The highest BCUT2D eigenvalue weighted by atomic mass is 35.5. The zero-order chi connectivity index (χ0) is 27.3. The highest BCUT2D eigenvalue weighted by Crippen LogP contribution is 2.20. The summed E-state index contributed by atoms with van der Waals surface area (Å²) in [5.41, 5.74) is 6.21. The lowest BCUT2D eigenvalue weighted by Gasteiger charge is -2.20. The molecular formula is C25H24ClN5O5S2. The van der Waals surface area contributed by atoms with E-state index in [1.165, 1.54) is 42.6 Å². The molecule has 4 aromatic rings. The van der Waals surface area contributed by atoms with Crippen LogP contribution in [0, 0.1) is 0 Å². The van der Waals surface area contributed by atoms with Crippen LogP contribution in [0.1, 0.15) is 15.2 Å². The van der Waals surface area contributed by atoms with Gasteiger partial charge in [-0.05, 0) is 47.3 Å². The molecule has 0 aliphatic carbocycles. The third-order valence-corrected chi connectivity index (χ3v) is 8.62. The predicted molar refractivity (Wildman–Crippen MR) is 145 cm³/mol. The number of rotatable bonds is 9. The van der Waals surface area contributed by atoms with E-state index in [-0.39, 0.29) is 11.3 Å². The number of halogens is 1. The molecule has 2 aromatic carbocycles. The number of fused-ring (bicyclic) bond motifs is 1. The molecule has 0 saturated carbocycles. The van der Waals surface area contributed by atoms with Gasteiger partial charge in [-0.2, -0.15) is 4.31 Å². The van der Waals surface area contributed by atoms with Crippen LogP contribution in [0.15, 0.2) is 77.1 Å². The van der Waals surface area contributed by atoms with E-state index in [2.05, 4.69) is 21.2 Å². The van der Waals surface area contributed by atoms with Gasteiger partial charge in [0.15, 0.2) is 0 Å². The number of hydrazine groups is 1. The largest absolute Gasteiger partial charge is 0.361 e. The summed E-state index contributed by atoms with van der Waals surface area (Å²) >= 11 is 7.05. The fourth-order valence-corrected chi connectivity index (χ4v) is 5.58. The molecule has 38 heavy (non-hydrogen) atoms. The Labute approximate surface area is 228 Å². The maximum Gasteiger partial charge on any atom is 0.262 e. The van der Waals surface area contributed by atoms with E-state index < -0.39 is 40.3 Å². The first kappa shape index (κ1) is 27.3. The molecule has 0 fully saturated rings. The predicted octanol–water partition coefficient (Wildman–Crippen LogP) is 2.69. The van der Waals surface area contributed by atoms with E-state index in [0.29, 0.717) is 9.90 Å². The molecule has 2 heterocycles. The molecule has 0 spiro atoms. The van der Waals surface area contributed by atoms with Crippen molar-refractivity contribution in [3.63, 3.8) is 0 Å². The van der Waals surface area contributed by atoms with Crippen molar-refractivity contribution >= 4 is 61.6 Å². The molecule has 2 aromatic heterocycles. The summed E-state index contributed by atoms with van der Waals surface area (Å²) in [5, 5.41) is 5.73. The van der Waals surface area contributed by atoms with E-state index in [1.54, 1.807) is 23.7 Å². The van der Waals surface area contributed by atoms with Crippen molar-refractivity contribution in [1.29, 1.82) is 0 Å². The summed E-state index contributed by atoms with van der Waals surface area (Å²) in [6, 6.07) is 15.4. The van der Waals surface area contributed by atoms with Crippen molar-refractivity contribution in [2.75, 3.05) is 13.6 Å². The minimum absolute atomic E-state index is 0.0312. The quantitative estimate of drug-likeness (QED) is 0.228. The fourth-order valence-electron chi connectivity index (χ4n) is 3.70. The van der Waals surface area contributed by atoms with Crippen LogP contribution in [0.5, 0.6) is 0 Å². The van der Waals surface area contributed by atoms with Crippen LogP contribution < -0.4 is 16.2 Å². The SMILES string of the molecule is CN(CC(=O)NNC(=O)C(Cc1c[nH]c2ccccc12)NC(=O)c1cccs1)S(=O)(=O)c1ccc(Cl)cc1. The Morgan fingerprint density at radius 1 is 1.03 bits per heavy atom. The molecule has 1 unspecified atom stereocenters. The normalized spacial score (nSPS) is 12.3. The second-order valence-corrected chi connectivity index (χ2v) is 11.7. The Morgan fingerprint density at radius 2 is 1.76 bits per heavy atom. The van der Waals surface area contributed by atoms with Gasteiger partial charge in [0, 0.05) is 35.6 Å². The molecule has 198 valence electrons. The van der Waals surface area contributed by atoms with Crippen LogP contribution in [0.2, 0.25) is 5.02 Å². The highest BCUT2D eigenvalue weighted by molar-refractivity contribution is 7.89. The van der Waals surface area contributed by atoms with Gasteiger partial charge in [0.1, 0.15) is 6.04 Å². The smallest absolute Gasteiger partial charge is 0.262 e. The number of aromatic amines is 1. The lowest BCUT2D eigenvalue weighted by atomic mass is 10.0. The Morgan fingerprint density at radius 3 is 2.47 bits per heavy atom. The standard InChI is InChI=1S/C25H24ClN5O5S2/c1-31(38(35,36)18-10-8-17(26)9-11-18)15-23(32)29-30-24(33)21(28-25(34)22-7-4-12-37-22)13-16-14-27-20-6-3-2-5-19(16)20/h2-12,14,21,27H,13,15H2,1H3,(H,28,34)(H,29,32)(H,30,33). The highest BCUT2D eigenvalue weighted by Gasteiger charge is 2.26. The maximum absolute atomic E-state index is 13.1. The number of nitrogens with one attached hydrogen (secondary N) is 4. The lowest BCUT2D eigenvalue weighted by Crippen LogP contribution is -2.54. The number of thiophene rings is 1. The number of amides is 3. The summed E-state index contributed by atoms with van der Waals surface area (Å²) in [6.07, 6.45) is 1.91. The first-order valence-electron chi connectivity index (χ1n) is 11.3. The molecule has 10 nitrogen and oxygen atoms in total. The number of hydrogen-bond acceptors (Lipinski definition) is 6. The second-order valence-electron chi connectivity index (χ2n) is 8.32. The number of para-hydroxylation sites is 1. The number of benzene rings is 2. The molecule has 0 aliphatic rings. The van der Waals surface area contributed by atoms with E-state index in [1.807, 2.05) is 24.3 Å². The van der Waals surface area contributed by atoms with Crippen LogP contribution >= 0.6 is 22.9 Å². The van der Waals surface area contributed by atoms with Crippen molar-refractivity contribution in [2.24, 2.45) is 0 Å². The molecule has 1 atom stereocenters. The maximum atomic E-state index is 13.1. The number of likely N-dealkylation sites (N-methyl/N-ethyl adjacent to an activating group) is 1. The van der Waals surface area contributed by atoms with Crippen LogP contribution in [0.4, 0.5) is 0 Å². The van der Waals surface area contributed by atoms with Gasteiger partial charge in [0.2, 0.25) is 10.0 Å². The van der Waals surface area contributed by atoms with Crippen LogP contribution in [0.3, 0.4) is 0 Å². The summed E-state index contributed by atoms with van der Waals surface area (Å²) in [7, 11) is -2.72. The van der Waals surface area contributed by atoms with E-state index >= 15 is 0 Å². The van der Waals surface area contributed by atoms with Gasteiger partial charge in [-0.15, -0.1) is 11.3 Å². The third-order valence-electron chi connectivity index (χ3n) is 5.68. The molecule has 4 N–H and O–H groups in total. The van der Waals surface area contributed by atoms with Crippen molar-refractivity contribution < 1.29 is 22.8 Å². The average molecular weight is 574 g/mol. The zero-order valence-electron chi connectivity index (χ0n) is 20.1. The molecule has 0 aliphatic heterocycles. The number of nitrogens with zero attached hydrogens (tertiary/aromatic N) is 1. The Kier molecular flexibility index (Phi) is 8.47. The Bertz CT molecular complexity index is 1550. The van der Waals surface area contributed by atoms with Crippen molar-refractivity contribution in [3.8, 4) is 0 Å². The van der Waals surface area contributed by atoms with Gasteiger partial charge in [-0.25, -0.2) is 8.42 Å². The van der Waals surface area contributed by atoms with Crippen molar-refractivity contribution in [3.05, 3.63) is 87.7 Å². The molecular weight excluding hydrogens is 550 g/mol. The number of aromatic nitrogens is 1. The van der Waals surface area contributed by atoms with E-state index in [4.69, 9.17) is 11.6 Å². The van der Waals surface area contributed by atoms with Gasteiger partial charge in [-0.3, -0.25) is 25.2 Å². The second kappa shape index (κ2) is 11.8. The summed E-state index contributed by atoms with van der Waals surface area (Å²) in [5.74, 6) is -1.87. The van der Waals surface area contributed by atoms with Crippen molar-refractivity contribution in [2.45, 2.75) is 17.4 Å². The molecule has 0 bridgehead atoms. The van der Waals surface area contributed by atoms with Crippen LogP contribution in [-0.4, -0.2) is 55.1 Å². The number of H-pyrrole nitrogens is 1. The van der Waals surface area contributed by atoms with Gasteiger partial charge in [0.25, 0.3) is 17.7 Å². The van der Waals surface area contributed by atoms with Gasteiger partial charge >= 0.3 is 0 Å². The first-order chi connectivity index (χ1) is 18.1. The number of sulfonamides is 1. The molecule has 0 saturated heterocycles. The van der Waals surface area contributed by atoms with E-state index in [0.717, 1.165) is 20.8 Å². The van der Waals surface area contributed by atoms with Gasteiger partial charge < -0.3 is 10.3 Å². The average Bonchev–Trinajstić information content (AvgIpc) is 3.58. The monoisotopic (exact) mass is 573 g/mol. The molecule has 0 radical (unpaired) electrons. The fraction of sp³-hybridized carbons (Fsp3) is 0.160. The molecule has 13 heteroatoms. The first-order valence-corrected chi connectivity index (χ1v) is 14.0. The summed E-state index contributed by atoms with van der Waals surface area (Å²) in [4.78, 5) is 41.8. The number of carbonyl (C=O) groups is 3. The number of carbonyl (C=O) groups excluding carboxylic acids is 3. The molecule has 3 amide bonds. The van der Waals surface area contributed by atoms with Gasteiger partial charge in [0.05, 0.1) is 16.3 Å². The van der Waals surface area contributed by atoms with Gasteiger partial charge in [-0.1, -0.05) is 35.9 Å². The van der Waals surface area contributed by atoms with E-state index in [9.17, 15) is 22.8 Å². The minimum atomic E-state index is -3.96. The minimum Gasteiger partial charge on any atom is -0.361 e. The number of hydrogen-bond donors (Lipinski definition) is 4. The Hall–Kier alpha value is -3.71. The topological polar surface area (TPSA) is 140 Å². The lowest BCUT2D eigenvalue weighted by molar-refractivity contribution is -0.129. The third kappa shape index (κ3) is 6.40.